The maximum Gasteiger partial charge on any atom is 0.412 e. The Morgan fingerprint density at radius 1 is 1.09 bits per heavy atom. The highest BCUT2D eigenvalue weighted by atomic mass is 16.5. The molecule has 3 aromatic rings. The van der Waals surface area contributed by atoms with Crippen molar-refractivity contribution in [3.05, 3.63) is 59.7 Å². The highest BCUT2D eigenvalue weighted by molar-refractivity contribution is 6.09. The van der Waals surface area contributed by atoms with Gasteiger partial charge < -0.3 is 10.1 Å². The topological polar surface area (TPSA) is 38.3 Å². The molecule has 0 aromatic heterocycles. The summed E-state index contributed by atoms with van der Waals surface area (Å²) in [4.78, 5) is 11.5. The maximum atomic E-state index is 11.5. The zero-order chi connectivity index (χ0) is 15.8. The van der Waals surface area contributed by atoms with Crippen molar-refractivity contribution in [3.63, 3.8) is 0 Å². The van der Waals surface area contributed by atoms with E-state index in [2.05, 4.69) is 41.7 Å². The summed E-state index contributed by atoms with van der Waals surface area (Å²) >= 11 is 0. The van der Waals surface area contributed by atoms with Gasteiger partial charge in [-0.05, 0) is 58.1 Å². The molecule has 0 bridgehead atoms. The van der Waals surface area contributed by atoms with Crippen molar-refractivity contribution in [2.45, 2.75) is 13.3 Å². The molecule has 3 heteroatoms. The molecule has 3 nitrogen and oxygen atoms in total. The monoisotopic (exact) mass is 303 g/mol. The van der Waals surface area contributed by atoms with Crippen molar-refractivity contribution in [2.24, 2.45) is 0 Å². The molecule has 1 aliphatic carbocycles. The van der Waals surface area contributed by atoms with Crippen LogP contribution in [-0.4, -0.2) is 12.6 Å². The van der Waals surface area contributed by atoms with E-state index in [1.165, 1.54) is 27.3 Å². The van der Waals surface area contributed by atoms with Crippen molar-refractivity contribution >= 4 is 33.7 Å². The van der Waals surface area contributed by atoms with E-state index in [1.54, 1.807) is 0 Å². The molecule has 3 aromatic carbocycles. The number of hydrogen-bond acceptors (Lipinski definition) is 2. The third kappa shape index (κ3) is 2.34. The Kier molecular flexibility index (Phi) is 3.27. The van der Waals surface area contributed by atoms with E-state index >= 15 is 0 Å². The van der Waals surface area contributed by atoms with Crippen LogP contribution in [0, 0.1) is 0 Å². The van der Waals surface area contributed by atoms with Crippen LogP contribution in [0.5, 0.6) is 5.75 Å². The molecule has 0 saturated carbocycles. The molecule has 0 atom stereocenters. The van der Waals surface area contributed by atoms with Gasteiger partial charge in [-0.1, -0.05) is 42.5 Å². The fraction of sp³-hybridized carbons (Fsp3) is 0.150. The summed E-state index contributed by atoms with van der Waals surface area (Å²) in [5.41, 5.74) is 2.71. The Hall–Kier alpha value is -2.81. The summed E-state index contributed by atoms with van der Waals surface area (Å²) in [6.45, 7) is 2.41. The van der Waals surface area contributed by atoms with Crippen LogP contribution in [0.3, 0.4) is 0 Å². The molecule has 23 heavy (non-hydrogen) atoms. The van der Waals surface area contributed by atoms with Gasteiger partial charge in [0.25, 0.3) is 0 Å². The van der Waals surface area contributed by atoms with Gasteiger partial charge in [-0.3, -0.25) is 0 Å². The molecule has 0 spiro atoms. The van der Waals surface area contributed by atoms with E-state index in [9.17, 15) is 4.79 Å². The third-order valence-corrected chi connectivity index (χ3v) is 4.29. The predicted octanol–water partition coefficient (Wildman–Crippen LogP) is 4.67. The molecular formula is C20H17NO2. The Morgan fingerprint density at radius 3 is 2.78 bits per heavy atom. The number of carbonyl (C=O) groups excluding carboxylic acids is 1. The minimum atomic E-state index is -0.420. The standard InChI is InChI=1S/C20H17NO2/c1-2-21-20(22)23-15-8-11-17-14(12-15)7-10-18-16-5-3-4-13(16)6-9-19(17)18/h3-4,6-12H,2,5H2,1H3,(H,21,22). The number of nitrogens with one attached hydrogen (secondary N) is 1. The van der Waals surface area contributed by atoms with Crippen LogP contribution in [0.25, 0.3) is 27.6 Å². The number of fused-ring (bicyclic) bond motifs is 5. The van der Waals surface area contributed by atoms with E-state index in [-0.39, 0.29) is 0 Å². The lowest BCUT2D eigenvalue weighted by Gasteiger charge is -2.10. The average Bonchev–Trinajstić information content (AvgIpc) is 3.03. The Morgan fingerprint density at radius 2 is 1.91 bits per heavy atom. The molecule has 0 radical (unpaired) electrons. The molecule has 0 unspecified atom stereocenters. The van der Waals surface area contributed by atoms with Gasteiger partial charge in [0.15, 0.2) is 0 Å². The van der Waals surface area contributed by atoms with Crippen molar-refractivity contribution in [2.75, 3.05) is 6.54 Å². The van der Waals surface area contributed by atoms with Crippen molar-refractivity contribution in [1.82, 2.24) is 5.32 Å². The number of allylic oxidation sites excluding steroid dienone is 1. The molecule has 1 aliphatic rings. The summed E-state index contributed by atoms with van der Waals surface area (Å²) in [6.07, 6.45) is 4.97. The summed E-state index contributed by atoms with van der Waals surface area (Å²) < 4.78 is 5.29. The van der Waals surface area contributed by atoms with Gasteiger partial charge in [0.05, 0.1) is 0 Å². The van der Waals surface area contributed by atoms with Crippen LogP contribution < -0.4 is 10.1 Å². The van der Waals surface area contributed by atoms with Gasteiger partial charge in [-0.15, -0.1) is 0 Å². The Balaban J connectivity index is 1.81. The molecule has 0 saturated heterocycles. The second-order valence-electron chi connectivity index (χ2n) is 5.70. The predicted molar refractivity (Wildman–Crippen MR) is 93.9 cm³/mol. The summed E-state index contributed by atoms with van der Waals surface area (Å²) in [5.74, 6) is 0.561. The number of benzene rings is 3. The van der Waals surface area contributed by atoms with Crippen molar-refractivity contribution in [3.8, 4) is 5.75 Å². The van der Waals surface area contributed by atoms with Crippen LogP contribution in [0.4, 0.5) is 4.79 Å². The Bertz CT molecular complexity index is 957. The van der Waals surface area contributed by atoms with Crippen LogP contribution in [0.15, 0.2) is 48.5 Å². The second kappa shape index (κ2) is 5.43. The summed E-state index contributed by atoms with van der Waals surface area (Å²) in [6, 6.07) is 14.4. The zero-order valence-corrected chi connectivity index (χ0v) is 12.9. The quantitative estimate of drug-likeness (QED) is 0.699. The minimum Gasteiger partial charge on any atom is -0.410 e. The molecule has 114 valence electrons. The average molecular weight is 303 g/mol. The number of amides is 1. The molecule has 0 heterocycles. The first-order valence-corrected chi connectivity index (χ1v) is 7.87. The van der Waals surface area contributed by atoms with Gasteiger partial charge in [0.1, 0.15) is 5.75 Å². The number of ether oxygens (including phenoxy) is 1. The molecular weight excluding hydrogens is 286 g/mol. The lowest BCUT2D eigenvalue weighted by molar-refractivity contribution is 0.201. The van der Waals surface area contributed by atoms with Crippen molar-refractivity contribution < 1.29 is 9.53 Å². The highest BCUT2D eigenvalue weighted by Gasteiger charge is 2.11. The first-order valence-electron chi connectivity index (χ1n) is 7.87. The fourth-order valence-electron chi connectivity index (χ4n) is 3.24. The van der Waals surface area contributed by atoms with Gasteiger partial charge in [-0.2, -0.15) is 0 Å². The largest absolute Gasteiger partial charge is 0.412 e. The lowest BCUT2D eigenvalue weighted by Crippen LogP contribution is -2.26. The SMILES string of the molecule is CCNC(=O)Oc1ccc2c(ccc3c4c(ccc32)C=CC4)c1. The molecule has 1 amide bonds. The zero-order valence-electron chi connectivity index (χ0n) is 12.9. The number of carbonyl (C=O) groups is 1. The van der Waals surface area contributed by atoms with Crippen LogP contribution >= 0.6 is 0 Å². The lowest BCUT2D eigenvalue weighted by atomic mass is 9.96. The summed E-state index contributed by atoms with van der Waals surface area (Å²) in [7, 11) is 0. The van der Waals surface area contributed by atoms with Crippen LogP contribution in [-0.2, 0) is 6.42 Å². The van der Waals surface area contributed by atoms with E-state index in [1.807, 2.05) is 25.1 Å². The van der Waals surface area contributed by atoms with Crippen molar-refractivity contribution in [1.29, 1.82) is 0 Å². The minimum absolute atomic E-state index is 0.420. The van der Waals surface area contributed by atoms with Gasteiger partial charge in [0, 0.05) is 6.54 Å². The van der Waals surface area contributed by atoms with E-state index in [4.69, 9.17) is 4.74 Å². The summed E-state index contributed by atoms with van der Waals surface area (Å²) in [5, 5.41) is 7.44. The highest BCUT2D eigenvalue weighted by Crippen LogP contribution is 2.34. The molecule has 4 rings (SSSR count). The Labute approximate surface area is 134 Å². The smallest absolute Gasteiger partial charge is 0.410 e. The molecule has 0 fully saturated rings. The van der Waals surface area contributed by atoms with Gasteiger partial charge >= 0.3 is 6.09 Å². The molecule has 0 aliphatic heterocycles. The fourth-order valence-corrected chi connectivity index (χ4v) is 3.24. The van der Waals surface area contributed by atoms with Gasteiger partial charge in [0.2, 0.25) is 0 Å². The molecule has 1 N–H and O–H groups in total. The first kappa shape index (κ1) is 13.8. The normalized spacial score (nSPS) is 12.6. The van der Waals surface area contributed by atoms with E-state index in [0.717, 1.165) is 11.8 Å². The first-order chi connectivity index (χ1) is 11.3. The third-order valence-electron chi connectivity index (χ3n) is 4.29. The van der Waals surface area contributed by atoms with Crippen LogP contribution in [0.1, 0.15) is 18.1 Å². The van der Waals surface area contributed by atoms with Gasteiger partial charge in [-0.25, -0.2) is 4.79 Å². The number of hydrogen-bond donors (Lipinski definition) is 1. The van der Waals surface area contributed by atoms with E-state index < -0.39 is 6.09 Å². The second-order valence-corrected chi connectivity index (χ2v) is 5.70. The van der Waals surface area contributed by atoms with E-state index in [0.29, 0.717) is 12.3 Å². The van der Waals surface area contributed by atoms with Crippen LogP contribution in [0.2, 0.25) is 0 Å². The number of rotatable bonds is 2. The maximum absolute atomic E-state index is 11.5.